The molecule has 0 aliphatic carbocycles. The molecule has 1 amide bonds. The van der Waals surface area contributed by atoms with Gasteiger partial charge in [0, 0.05) is 5.39 Å². The van der Waals surface area contributed by atoms with Crippen LogP contribution in [0.3, 0.4) is 0 Å². The average Bonchev–Trinajstić information content (AvgIpc) is 2.69. The van der Waals surface area contributed by atoms with Gasteiger partial charge in [0.05, 0.1) is 6.07 Å². The molecule has 1 N–H and O–H groups in total. The van der Waals surface area contributed by atoms with Gasteiger partial charge >= 0.3 is 0 Å². The third kappa shape index (κ3) is 1.81. The molecule has 0 aliphatic rings. The van der Waals surface area contributed by atoms with Gasteiger partial charge in [0.15, 0.2) is 5.76 Å². The summed E-state index contributed by atoms with van der Waals surface area (Å²) in [5, 5.41) is 11.6. The number of hydrogen-bond donors (Lipinski definition) is 1. The van der Waals surface area contributed by atoms with Crippen LogP contribution in [0, 0.1) is 11.3 Å². The summed E-state index contributed by atoms with van der Waals surface area (Å²) < 4.78 is 5.31. The van der Waals surface area contributed by atoms with Gasteiger partial charge in [0.25, 0.3) is 5.91 Å². The highest BCUT2D eigenvalue weighted by Crippen LogP contribution is 2.18. The number of nitrogens with zero attached hydrogens (tertiary/aromatic N) is 1. The summed E-state index contributed by atoms with van der Waals surface area (Å²) in [6, 6.07) is 10.8. The highest BCUT2D eigenvalue weighted by atomic mass is 16.3. The molecule has 74 valence electrons. The van der Waals surface area contributed by atoms with Gasteiger partial charge in [-0.05, 0) is 12.1 Å². The zero-order chi connectivity index (χ0) is 10.7. The van der Waals surface area contributed by atoms with E-state index in [1.165, 1.54) is 0 Å². The summed E-state index contributed by atoms with van der Waals surface area (Å²) >= 11 is 0. The van der Waals surface area contributed by atoms with Crippen LogP contribution in [0.1, 0.15) is 10.6 Å². The SMILES string of the molecule is N#CCNC(=O)c1cc2ccccc2o1. The number of fused-ring (bicyclic) bond motifs is 1. The second-order valence-electron chi connectivity index (χ2n) is 2.99. The number of nitrogens with one attached hydrogen (secondary N) is 1. The molecule has 0 atom stereocenters. The third-order valence-electron chi connectivity index (χ3n) is 1.98. The van der Waals surface area contributed by atoms with Gasteiger partial charge in [-0.25, -0.2) is 0 Å². The Hall–Kier alpha value is -2.28. The van der Waals surface area contributed by atoms with Crippen molar-refractivity contribution < 1.29 is 9.21 Å². The van der Waals surface area contributed by atoms with Gasteiger partial charge in [-0.1, -0.05) is 18.2 Å². The Morgan fingerprint density at radius 3 is 3.00 bits per heavy atom. The van der Waals surface area contributed by atoms with Crippen molar-refractivity contribution in [3.63, 3.8) is 0 Å². The Labute approximate surface area is 86.1 Å². The average molecular weight is 200 g/mol. The van der Waals surface area contributed by atoms with Gasteiger partial charge in [0.1, 0.15) is 12.1 Å². The third-order valence-corrected chi connectivity index (χ3v) is 1.98. The maximum Gasteiger partial charge on any atom is 0.287 e. The zero-order valence-electron chi connectivity index (χ0n) is 7.86. The molecule has 1 aromatic carbocycles. The minimum Gasteiger partial charge on any atom is -0.451 e. The molecular formula is C11H8N2O2. The van der Waals surface area contributed by atoms with Gasteiger partial charge in [-0.15, -0.1) is 0 Å². The van der Waals surface area contributed by atoms with E-state index in [-0.39, 0.29) is 18.2 Å². The minimum atomic E-state index is -0.368. The molecule has 4 heteroatoms. The van der Waals surface area contributed by atoms with E-state index in [1.54, 1.807) is 12.1 Å². The van der Waals surface area contributed by atoms with Crippen molar-refractivity contribution >= 4 is 16.9 Å². The van der Waals surface area contributed by atoms with E-state index in [4.69, 9.17) is 9.68 Å². The summed E-state index contributed by atoms with van der Waals surface area (Å²) in [6.07, 6.45) is 0. The molecule has 0 saturated heterocycles. The molecule has 0 fully saturated rings. The van der Waals surface area contributed by atoms with E-state index in [0.29, 0.717) is 5.58 Å². The first-order chi connectivity index (χ1) is 7.31. The van der Waals surface area contributed by atoms with E-state index in [0.717, 1.165) is 5.39 Å². The molecule has 0 saturated carbocycles. The van der Waals surface area contributed by atoms with Crippen LogP contribution < -0.4 is 5.32 Å². The minimum absolute atomic E-state index is 0.0180. The van der Waals surface area contributed by atoms with Crippen LogP contribution in [0.25, 0.3) is 11.0 Å². The van der Waals surface area contributed by atoms with Gasteiger partial charge in [0.2, 0.25) is 0 Å². The predicted molar refractivity (Wildman–Crippen MR) is 54.2 cm³/mol. The molecule has 1 aromatic heterocycles. The molecule has 0 aliphatic heterocycles. The monoisotopic (exact) mass is 200 g/mol. The number of amides is 1. The van der Waals surface area contributed by atoms with Crippen LogP contribution in [-0.2, 0) is 0 Å². The second kappa shape index (κ2) is 3.84. The van der Waals surface area contributed by atoms with E-state index in [1.807, 2.05) is 24.3 Å². The van der Waals surface area contributed by atoms with Gasteiger partial charge in [-0.3, -0.25) is 4.79 Å². The summed E-state index contributed by atoms with van der Waals surface area (Å²) in [5.74, 6) is -0.140. The van der Waals surface area contributed by atoms with Gasteiger partial charge < -0.3 is 9.73 Å². The highest BCUT2D eigenvalue weighted by molar-refractivity contribution is 5.96. The number of hydrogen-bond acceptors (Lipinski definition) is 3. The Bertz CT molecular complexity index is 504. The van der Waals surface area contributed by atoms with Crippen molar-refractivity contribution in [2.45, 2.75) is 0 Å². The Kier molecular flexibility index (Phi) is 2.38. The fraction of sp³-hybridized carbons (Fsp3) is 0.0909. The Morgan fingerprint density at radius 1 is 1.47 bits per heavy atom. The number of para-hydroxylation sites is 1. The van der Waals surface area contributed by atoms with Crippen molar-refractivity contribution in [3.8, 4) is 6.07 Å². The fourth-order valence-electron chi connectivity index (χ4n) is 1.30. The first-order valence-corrected chi connectivity index (χ1v) is 4.45. The lowest BCUT2D eigenvalue weighted by molar-refractivity contribution is 0.0933. The fourth-order valence-corrected chi connectivity index (χ4v) is 1.30. The molecule has 0 unspecified atom stereocenters. The summed E-state index contributed by atoms with van der Waals surface area (Å²) in [7, 11) is 0. The number of rotatable bonds is 2. The van der Waals surface area contributed by atoms with Crippen molar-refractivity contribution in [1.29, 1.82) is 5.26 Å². The van der Waals surface area contributed by atoms with Crippen LogP contribution in [-0.4, -0.2) is 12.5 Å². The maximum atomic E-state index is 11.4. The molecule has 2 rings (SSSR count). The molecular weight excluding hydrogens is 192 g/mol. The van der Waals surface area contributed by atoms with E-state index >= 15 is 0 Å². The maximum absolute atomic E-state index is 11.4. The number of carbonyl (C=O) groups excluding carboxylic acids is 1. The number of furan rings is 1. The summed E-state index contributed by atoms with van der Waals surface area (Å²) in [4.78, 5) is 11.4. The molecule has 1 heterocycles. The van der Waals surface area contributed by atoms with Crippen LogP contribution in [0.2, 0.25) is 0 Å². The number of carbonyl (C=O) groups is 1. The molecule has 15 heavy (non-hydrogen) atoms. The first kappa shape index (κ1) is 9.28. The zero-order valence-corrected chi connectivity index (χ0v) is 7.86. The van der Waals surface area contributed by atoms with Crippen LogP contribution >= 0.6 is 0 Å². The Morgan fingerprint density at radius 2 is 2.27 bits per heavy atom. The van der Waals surface area contributed by atoms with Crippen molar-refractivity contribution in [1.82, 2.24) is 5.32 Å². The molecule has 0 radical (unpaired) electrons. The summed E-state index contributed by atoms with van der Waals surface area (Å²) in [6.45, 7) is -0.0180. The molecule has 0 spiro atoms. The second-order valence-corrected chi connectivity index (χ2v) is 2.99. The summed E-state index contributed by atoms with van der Waals surface area (Å²) in [5.41, 5.74) is 0.666. The van der Waals surface area contributed by atoms with Crippen molar-refractivity contribution in [3.05, 3.63) is 36.1 Å². The molecule has 0 bridgehead atoms. The highest BCUT2D eigenvalue weighted by Gasteiger charge is 2.10. The van der Waals surface area contributed by atoms with Crippen LogP contribution in [0.4, 0.5) is 0 Å². The normalized spacial score (nSPS) is 9.80. The smallest absolute Gasteiger partial charge is 0.287 e. The largest absolute Gasteiger partial charge is 0.451 e. The van der Waals surface area contributed by atoms with E-state index < -0.39 is 0 Å². The van der Waals surface area contributed by atoms with Crippen LogP contribution in [0.5, 0.6) is 0 Å². The molecule has 2 aromatic rings. The van der Waals surface area contributed by atoms with Gasteiger partial charge in [-0.2, -0.15) is 5.26 Å². The van der Waals surface area contributed by atoms with E-state index in [9.17, 15) is 4.79 Å². The van der Waals surface area contributed by atoms with E-state index in [2.05, 4.69) is 5.32 Å². The first-order valence-electron chi connectivity index (χ1n) is 4.45. The lowest BCUT2D eigenvalue weighted by Gasteiger charge is -1.94. The number of benzene rings is 1. The quantitative estimate of drug-likeness (QED) is 0.750. The predicted octanol–water partition coefficient (Wildman–Crippen LogP) is 1.69. The Balaban J connectivity index is 2.29. The van der Waals surface area contributed by atoms with Crippen molar-refractivity contribution in [2.24, 2.45) is 0 Å². The lowest BCUT2D eigenvalue weighted by Crippen LogP contribution is -2.22. The standard InChI is InChI=1S/C11H8N2O2/c12-5-6-13-11(14)10-7-8-3-1-2-4-9(8)15-10/h1-4,7H,6H2,(H,13,14). The van der Waals surface area contributed by atoms with Crippen LogP contribution in [0.15, 0.2) is 34.7 Å². The topological polar surface area (TPSA) is 66.0 Å². The molecule has 4 nitrogen and oxygen atoms in total. The van der Waals surface area contributed by atoms with Crippen molar-refractivity contribution in [2.75, 3.05) is 6.54 Å². The number of nitriles is 1. The lowest BCUT2D eigenvalue weighted by atomic mass is 10.2.